The van der Waals surface area contributed by atoms with Crippen molar-refractivity contribution in [3.05, 3.63) is 35.4 Å². The van der Waals surface area contributed by atoms with Gasteiger partial charge in [-0.25, -0.2) is 8.78 Å². The summed E-state index contributed by atoms with van der Waals surface area (Å²) in [5.74, 6) is -0.792. The minimum Gasteiger partial charge on any atom is -0.207 e. The van der Waals surface area contributed by atoms with E-state index >= 15 is 0 Å². The van der Waals surface area contributed by atoms with Crippen molar-refractivity contribution < 1.29 is 8.78 Å². The van der Waals surface area contributed by atoms with Gasteiger partial charge in [0, 0.05) is 11.4 Å². The number of alkyl halides is 1. The molecule has 0 aliphatic heterocycles. The fraction of sp³-hybridized carbons (Fsp3) is 0.455. The summed E-state index contributed by atoms with van der Waals surface area (Å²) in [7, 11) is 0. The first-order valence-electron chi connectivity index (χ1n) is 4.58. The molecule has 1 aromatic carbocycles. The van der Waals surface area contributed by atoms with Gasteiger partial charge in [0.2, 0.25) is 0 Å². The summed E-state index contributed by atoms with van der Waals surface area (Å²) < 4.78 is 25.7. The lowest BCUT2D eigenvalue weighted by Gasteiger charge is -2.13. The Morgan fingerprint density at radius 3 is 2.43 bits per heavy atom. The van der Waals surface area contributed by atoms with E-state index in [1.54, 1.807) is 0 Å². The molecular weight excluding hydrogens is 206 g/mol. The molecule has 3 heteroatoms. The number of benzene rings is 1. The molecule has 0 nitrogen and oxygen atoms in total. The lowest BCUT2D eigenvalue weighted by Crippen LogP contribution is -2.12. The van der Waals surface area contributed by atoms with Crippen molar-refractivity contribution in [2.45, 2.75) is 25.6 Å². The van der Waals surface area contributed by atoms with Crippen molar-refractivity contribution in [1.82, 2.24) is 0 Å². The van der Waals surface area contributed by atoms with E-state index in [1.807, 2.05) is 13.8 Å². The number of rotatable bonds is 3. The lowest BCUT2D eigenvalue weighted by molar-refractivity contribution is 0.549. The van der Waals surface area contributed by atoms with Gasteiger partial charge in [-0.05, 0) is 24.0 Å². The fourth-order valence-corrected chi connectivity index (χ4v) is 1.30. The molecule has 0 spiro atoms. The first-order chi connectivity index (χ1) is 6.50. The molecule has 0 radical (unpaired) electrons. The maximum absolute atomic E-state index is 13.2. The summed E-state index contributed by atoms with van der Waals surface area (Å²) in [6.45, 7) is 3.94. The molecule has 0 aromatic heterocycles. The van der Waals surface area contributed by atoms with Crippen LogP contribution in [-0.2, 0) is 6.42 Å². The maximum atomic E-state index is 13.2. The average Bonchev–Trinajstić information content (AvgIpc) is 2.09. The second-order valence-electron chi connectivity index (χ2n) is 3.70. The van der Waals surface area contributed by atoms with Gasteiger partial charge >= 0.3 is 0 Å². The van der Waals surface area contributed by atoms with Crippen LogP contribution in [0.15, 0.2) is 18.2 Å². The third-order valence-corrected chi connectivity index (χ3v) is 2.81. The standard InChI is InChI=1S/C11H13ClF2/c1-7(2)10(12)5-8-3-4-9(13)6-11(8)14/h3-4,6-7,10H,5H2,1-2H3. The molecule has 0 heterocycles. The quantitative estimate of drug-likeness (QED) is 0.678. The molecule has 78 valence electrons. The van der Waals surface area contributed by atoms with Gasteiger partial charge < -0.3 is 0 Å². The molecule has 0 amide bonds. The van der Waals surface area contributed by atoms with E-state index in [-0.39, 0.29) is 11.3 Å². The Kier molecular flexibility index (Phi) is 3.87. The van der Waals surface area contributed by atoms with Gasteiger partial charge in [0.1, 0.15) is 11.6 Å². The van der Waals surface area contributed by atoms with Gasteiger partial charge in [-0.1, -0.05) is 19.9 Å². The molecule has 0 N–H and O–H groups in total. The maximum Gasteiger partial charge on any atom is 0.129 e. The molecule has 1 aromatic rings. The molecule has 0 saturated heterocycles. The Bertz CT molecular complexity index is 310. The van der Waals surface area contributed by atoms with E-state index < -0.39 is 11.6 Å². The molecule has 1 rings (SSSR count). The Morgan fingerprint density at radius 2 is 1.93 bits per heavy atom. The van der Waals surface area contributed by atoms with Crippen molar-refractivity contribution in [2.75, 3.05) is 0 Å². The molecule has 1 atom stereocenters. The third-order valence-electron chi connectivity index (χ3n) is 2.15. The summed E-state index contributed by atoms with van der Waals surface area (Å²) in [6, 6.07) is 3.59. The second-order valence-corrected chi connectivity index (χ2v) is 4.26. The lowest BCUT2D eigenvalue weighted by atomic mass is 10.0. The number of hydrogen-bond donors (Lipinski definition) is 0. The fourth-order valence-electron chi connectivity index (χ4n) is 1.13. The molecule has 0 fully saturated rings. The minimum absolute atomic E-state index is 0.116. The van der Waals surface area contributed by atoms with Crippen LogP contribution >= 0.6 is 11.6 Å². The number of hydrogen-bond acceptors (Lipinski definition) is 0. The zero-order chi connectivity index (χ0) is 10.7. The van der Waals surface area contributed by atoms with E-state index in [0.717, 1.165) is 6.07 Å². The average molecular weight is 219 g/mol. The van der Waals surface area contributed by atoms with Crippen LogP contribution in [-0.4, -0.2) is 5.38 Å². The van der Waals surface area contributed by atoms with Crippen LogP contribution in [0.2, 0.25) is 0 Å². The predicted octanol–water partition coefficient (Wildman–Crippen LogP) is 3.77. The minimum atomic E-state index is -0.554. The van der Waals surface area contributed by atoms with Gasteiger partial charge in [0.15, 0.2) is 0 Å². The van der Waals surface area contributed by atoms with Crippen LogP contribution in [0.25, 0.3) is 0 Å². The third kappa shape index (κ3) is 2.95. The van der Waals surface area contributed by atoms with Crippen LogP contribution in [0.1, 0.15) is 19.4 Å². The summed E-state index contributed by atoms with van der Waals surface area (Å²) in [6.07, 6.45) is 0.436. The van der Waals surface area contributed by atoms with E-state index in [0.29, 0.717) is 12.0 Å². The van der Waals surface area contributed by atoms with E-state index in [2.05, 4.69) is 0 Å². The van der Waals surface area contributed by atoms with Crippen LogP contribution < -0.4 is 0 Å². The molecule has 0 saturated carbocycles. The van der Waals surface area contributed by atoms with Crippen molar-refractivity contribution in [2.24, 2.45) is 5.92 Å². The van der Waals surface area contributed by atoms with E-state index in [1.165, 1.54) is 12.1 Å². The molecule has 0 aliphatic rings. The Balaban J connectivity index is 2.77. The predicted molar refractivity (Wildman–Crippen MR) is 54.5 cm³/mol. The van der Waals surface area contributed by atoms with E-state index in [9.17, 15) is 8.78 Å². The molecule has 0 aliphatic carbocycles. The highest BCUT2D eigenvalue weighted by Crippen LogP contribution is 2.18. The first kappa shape index (κ1) is 11.4. The first-order valence-corrected chi connectivity index (χ1v) is 5.02. The highest BCUT2D eigenvalue weighted by atomic mass is 35.5. The van der Waals surface area contributed by atoms with Crippen molar-refractivity contribution in [3.63, 3.8) is 0 Å². The van der Waals surface area contributed by atoms with Gasteiger partial charge in [-0.2, -0.15) is 0 Å². The van der Waals surface area contributed by atoms with Gasteiger partial charge in [0.05, 0.1) is 0 Å². The Hall–Kier alpha value is -0.630. The highest BCUT2D eigenvalue weighted by Gasteiger charge is 2.13. The largest absolute Gasteiger partial charge is 0.207 e. The summed E-state index contributed by atoms with van der Waals surface area (Å²) >= 11 is 6.00. The topological polar surface area (TPSA) is 0 Å². The van der Waals surface area contributed by atoms with Crippen molar-refractivity contribution >= 4 is 11.6 Å². The van der Waals surface area contributed by atoms with Gasteiger partial charge in [-0.15, -0.1) is 11.6 Å². The van der Waals surface area contributed by atoms with Gasteiger partial charge in [-0.3, -0.25) is 0 Å². The monoisotopic (exact) mass is 218 g/mol. The summed E-state index contributed by atoms with van der Waals surface area (Å²) in [5, 5.41) is -0.116. The normalized spacial score (nSPS) is 13.3. The van der Waals surface area contributed by atoms with E-state index in [4.69, 9.17) is 11.6 Å². The molecular formula is C11H13ClF2. The SMILES string of the molecule is CC(C)C(Cl)Cc1ccc(F)cc1F. The van der Waals surface area contributed by atoms with Gasteiger partial charge in [0.25, 0.3) is 0 Å². The van der Waals surface area contributed by atoms with Crippen LogP contribution in [0.5, 0.6) is 0 Å². The molecule has 14 heavy (non-hydrogen) atoms. The molecule has 1 unspecified atom stereocenters. The zero-order valence-corrected chi connectivity index (χ0v) is 8.98. The smallest absolute Gasteiger partial charge is 0.129 e. The highest BCUT2D eigenvalue weighted by molar-refractivity contribution is 6.20. The van der Waals surface area contributed by atoms with Crippen LogP contribution in [0.4, 0.5) is 8.78 Å². The van der Waals surface area contributed by atoms with Crippen molar-refractivity contribution in [3.8, 4) is 0 Å². The second kappa shape index (κ2) is 4.74. The summed E-state index contributed by atoms with van der Waals surface area (Å²) in [4.78, 5) is 0. The van der Waals surface area contributed by atoms with Crippen molar-refractivity contribution in [1.29, 1.82) is 0 Å². The Labute approximate surface area is 87.9 Å². The van der Waals surface area contributed by atoms with Crippen LogP contribution in [0, 0.1) is 17.6 Å². The zero-order valence-electron chi connectivity index (χ0n) is 8.23. The Morgan fingerprint density at radius 1 is 1.29 bits per heavy atom. The van der Waals surface area contributed by atoms with Crippen LogP contribution in [0.3, 0.4) is 0 Å². The number of halogens is 3. The molecule has 0 bridgehead atoms. The summed E-state index contributed by atoms with van der Waals surface area (Å²) in [5.41, 5.74) is 0.472.